The lowest BCUT2D eigenvalue weighted by Gasteiger charge is -2.25. The molecule has 0 radical (unpaired) electrons. The second-order valence-electron chi connectivity index (χ2n) is 4.79. The number of aromatic amines is 1. The molecule has 2 N–H and O–H groups in total. The molecule has 1 saturated carbocycles. The molecular weight excluding hydrogens is 212 g/mol. The van der Waals surface area contributed by atoms with Crippen LogP contribution in [0.4, 0.5) is 0 Å². The van der Waals surface area contributed by atoms with Crippen LogP contribution < -0.4 is 5.32 Å². The maximum atomic E-state index is 11.9. The van der Waals surface area contributed by atoms with Gasteiger partial charge in [0.1, 0.15) is 0 Å². The zero-order valence-electron chi connectivity index (χ0n) is 9.70. The van der Waals surface area contributed by atoms with Gasteiger partial charge in [-0.2, -0.15) is 0 Å². The molecule has 0 unspecified atom stereocenters. The quantitative estimate of drug-likeness (QED) is 0.833. The van der Waals surface area contributed by atoms with Crippen LogP contribution in [-0.4, -0.2) is 17.4 Å². The first kappa shape index (κ1) is 10.4. The van der Waals surface area contributed by atoms with E-state index in [1.54, 1.807) is 0 Å². The Morgan fingerprint density at radius 3 is 3.00 bits per heavy atom. The van der Waals surface area contributed by atoms with Crippen molar-refractivity contribution in [1.82, 2.24) is 10.3 Å². The molecule has 3 nitrogen and oxygen atoms in total. The van der Waals surface area contributed by atoms with Gasteiger partial charge in [-0.05, 0) is 42.3 Å². The van der Waals surface area contributed by atoms with Crippen LogP contribution >= 0.6 is 0 Å². The predicted octanol–water partition coefficient (Wildman–Crippen LogP) is 2.70. The first-order chi connectivity index (χ1) is 8.33. The highest BCUT2D eigenvalue weighted by Crippen LogP contribution is 2.25. The Labute approximate surface area is 100 Å². The van der Waals surface area contributed by atoms with Gasteiger partial charge < -0.3 is 10.3 Å². The number of benzene rings is 1. The molecule has 2 aromatic rings. The maximum absolute atomic E-state index is 11.9. The Morgan fingerprint density at radius 1 is 1.35 bits per heavy atom. The molecule has 1 aromatic carbocycles. The number of rotatable bonds is 3. The molecule has 0 atom stereocenters. The van der Waals surface area contributed by atoms with Crippen LogP contribution in [-0.2, 0) is 0 Å². The number of amides is 1. The van der Waals surface area contributed by atoms with Crippen LogP contribution in [0.1, 0.15) is 29.6 Å². The van der Waals surface area contributed by atoms with Gasteiger partial charge in [-0.3, -0.25) is 4.79 Å². The summed E-state index contributed by atoms with van der Waals surface area (Å²) < 4.78 is 0. The van der Waals surface area contributed by atoms with Crippen LogP contribution in [0.25, 0.3) is 10.9 Å². The number of fused-ring (bicyclic) bond motifs is 1. The molecule has 0 aliphatic heterocycles. The maximum Gasteiger partial charge on any atom is 0.251 e. The van der Waals surface area contributed by atoms with Gasteiger partial charge in [0, 0.05) is 23.8 Å². The summed E-state index contributed by atoms with van der Waals surface area (Å²) >= 11 is 0. The van der Waals surface area contributed by atoms with E-state index in [9.17, 15) is 4.79 Å². The summed E-state index contributed by atoms with van der Waals surface area (Å²) in [4.78, 5) is 15.1. The molecule has 3 heteroatoms. The number of carbonyl (C=O) groups is 1. The lowest BCUT2D eigenvalue weighted by Crippen LogP contribution is -2.32. The van der Waals surface area contributed by atoms with Crippen molar-refractivity contribution in [2.45, 2.75) is 19.3 Å². The molecule has 0 spiro atoms. The minimum atomic E-state index is 0.0356. The molecule has 3 rings (SSSR count). The van der Waals surface area contributed by atoms with Crippen molar-refractivity contribution < 1.29 is 4.79 Å². The Bertz CT molecular complexity index is 540. The van der Waals surface area contributed by atoms with Gasteiger partial charge in [-0.1, -0.05) is 12.5 Å². The van der Waals surface area contributed by atoms with Crippen molar-refractivity contribution in [3.8, 4) is 0 Å². The lowest BCUT2D eigenvalue weighted by molar-refractivity contribution is 0.0939. The average molecular weight is 228 g/mol. The molecule has 1 fully saturated rings. The average Bonchev–Trinajstić information content (AvgIpc) is 2.73. The van der Waals surface area contributed by atoms with Gasteiger partial charge in [-0.25, -0.2) is 0 Å². The van der Waals surface area contributed by atoms with Gasteiger partial charge in [0.15, 0.2) is 0 Å². The normalized spacial score (nSPS) is 15.8. The minimum Gasteiger partial charge on any atom is -0.361 e. The summed E-state index contributed by atoms with van der Waals surface area (Å²) in [6.45, 7) is 0.821. The highest BCUT2D eigenvalue weighted by atomic mass is 16.1. The van der Waals surface area contributed by atoms with E-state index < -0.39 is 0 Å². The van der Waals surface area contributed by atoms with Gasteiger partial charge in [0.25, 0.3) is 5.91 Å². The van der Waals surface area contributed by atoms with Gasteiger partial charge >= 0.3 is 0 Å². The molecule has 88 valence electrons. The summed E-state index contributed by atoms with van der Waals surface area (Å²) in [7, 11) is 0. The predicted molar refractivity (Wildman–Crippen MR) is 68.0 cm³/mol. The molecule has 0 saturated heterocycles. The van der Waals surface area contributed by atoms with E-state index in [4.69, 9.17) is 0 Å². The first-order valence-corrected chi connectivity index (χ1v) is 6.18. The topological polar surface area (TPSA) is 44.9 Å². The van der Waals surface area contributed by atoms with Gasteiger partial charge in [0.2, 0.25) is 0 Å². The lowest BCUT2D eigenvalue weighted by atomic mass is 9.85. The van der Waals surface area contributed by atoms with E-state index in [1.807, 2.05) is 30.5 Å². The summed E-state index contributed by atoms with van der Waals surface area (Å²) in [6.07, 6.45) is 5.72. The molecule has 1 aromatic heterocycles. The van der Waals surface area contributed by atoms with Crippen LogP contribution in [0.3, 0.4) is 0 Å². The smallest absolute Gasteiger partial charge is 0.251 e. The fourth-order valence-electron chi connectivity index (χ4n) is 2.23. The van der Waals surface area contributed by atoms with Crippen molar-refractivity contribution >= 4 is 16.8 Å². The molecule has 0 bridgehead atoms. The van der Waals surface area contributed by atoms with E-state index in [2.05, 4.69) is 10.3 Å². The third kappa shape index (κ3) is 2.05. The van der Waals surface area contributed by atoms with Crippen molar-refractivity contribution in [3.05, 3.63) is 36.0 Å². The second-order valence-corrected chi connectivity index (χ2v) is 4.79. The van der Waals surface area contributed by atoms with E-state index in [1.165, 1.54) is 19.3 Å². The number of hydrogen-bond donors (Lipinski definition) is 2. The fraction of sp³-hybridized carbons (Fsp3) is 0.357. The number of hydrogen-bond acceptors (Lipinski definition) is 1. The number of nitrogens with one attached hydrogen (secondary N) is 2. The van der Waals surface area contributed by atoms with Crippen molar-refractivity contribution in [2.24, 2.45) is 5.92 Å². The van der Waals surface area contributed by atoms with E-state index >= 15 is 0 Å². The van der Waals surface area contributed by atoms with Gasteiger partial charge in [0.05, 0.1) is 0 Å². The third-order valence-electron chi connectivity index (χ3n) is 3.59. The molecular formula is C14H16N2O. The number of carbonyl (C=O) groups excluding carboxylic acids is 1. The van der Waals surface area contributed by atoms with Crippen molar-refractivity contribution in [3.63, 3.8) is 0 Å². The molecule has 17 heavy (non-hydrogen) atoms. The summed E-state index contributed by atoms with van der Waals surface area (Å²) in [5.41, 5.74) is 1.75. The Balaban J connectivity index is 1.70. The SMILES string of the molecule is O=C(NCC1CCC1)c1ccc2cc[nH]c2c1. The highest BCUT2D eigenvalue weighted by molar-refractivity contribution is 5.97. The molecule has 1 amide bonds. The second kappa shape index (κ2) is 4.24. The van der Waals surface area contributed by atoms with E-state index in [0.717, 1.165) is 23.0 Å². The Kier molecular flexibility index (Phi) is 2.59. The first-order valence-electron chi connectivity index (χ1n) is 6.18. The van der Waals surface area contributed by atoms with Crippen LogP contribution in [0, 0.1) is 5.92 Å². The molecule has 1 aliphatic carbocycles. The minimum absolute atomic E-state index is 0.0356. The van der Waals surface area contributed by atoms with Crippen LogP contribution in [0.5, 0.6) is 0 Å². The summed E-state index contributed by atoms with van der Waals surface area (Å²) in [5.74, 6) is 0.738. The number of aromatic nitrogens is 1. The van der Waals surface area contributed by atoms with E-state index in [-0.39, 0.29) is 5.91 Å². The van der Waals surface area contributed by atoms with Crippen molar-refractivity contribution in [2.75, 3.05) is 6.54 Å². The van der Waals surface area contributed by atoms with Crippen LogP contribution in [0.15, 0.2) is 30.5 Å². The highest BCUT2D eigenvalue weighted by Gasteiger charge is 2.18. The monoisotopic (exact) mass is 228 g/mol. The fourth-order valence-corrected chi connectivity index (χ4v) is 2.23. The van der Waals surface area contributed by atoms with E-state index in [0.29, 0.717) is 5.92 Å². The van der Waals surface area contributed by atoms with Crippen molar-refractivity contribution in [1.29, 1.82) is 0 Å². The molecule has 1 aliphatic rings. The standard InChI is InChI=1S/C14H16N2O/c17-14(16-9-10-2-1-3-10)12-5-4-11-6-7-15-13(11)8-12/h4-8,10,15H,1-3,9H2,(H,16,17). The zero-order valence-corrected chi connectivity index (χ0v) is 9.70. The van der Waals surface area contributed by atoms with Crippen LogP contribution in [0.2, 0.25) is 0 Å². The third-order valence-corrected chi connectivity index (χ3v) is 3.59. The summed E-state index contributed by atoms with van der Waals surface area (Å²) in [5, 5.41) is 4.14. The largest absolute Gasteiger partial charge is 0.361 e. The Morgan fingerprint density at radius 2 is 2.24 bits per heavy atom. The Hall–Kier alpha value is -1.77. The van der Waals surface area contributed by atoms with Gasteiger partial charge in [-0.15, -0.1) is 0 Å². The summed E-state index contributed by atoms with van der Waals surface area (Å²) in [6, 6.07) is 7.77. The number of H-pyrrole nitrogens is 1. The zero-order chi connectivity index (χ0) is 11.7. The molecule has 1 heterocycles.